The van der Waals surface area contributed by atoms with E-state index in [0.29, 0.717) is 16.3 Å². The summed E-state index contributed by atoms with van der Waals surface area (Å²) in [5.74, 6) is -0.239. The highest BCUT2D eigenvalue weighted by Gasteiger charge is 2.30. The monoisotopic (exact) mass is 347 g/mol. The number of carbonyl (C=O) groups excluding carboxylic acids is 1. The van der Waals surface area contributed by atoms with Crippen LogP contribution >= 0.6 is 11.6 Å². The smallest absolute Gasteiger partial charge is 0.255 e. The van der Waals surface area contributed by atoms with Crippen LogP contribution in [-0.2, 0) is 7.05 Å². The first-order chi connectivity index (χ1) is 11.5. The number of rotatable bonds is 4. The number of nitrogens with zero attached hydrogens (tertiary/aromatic N) is 2. The Kier molecular flexibility index (Phi) is 4.92. The Morgan fingerprint density at radius 1 is 1.33 bits per heavy atom. The van der Waals surface area contributed by atoms with Gasteiger partial charge in [0.05, 0.1) is 16.2 Å². The molecule has 0 spiro atoms. The molecule has 1 saturated carbocycles. The Bertz CT molecular complexity index is 736. The maximum atomic E-state index is 12.6. The van der Waals surface area contributed by atoms with Crippen molar-refractivity contribution in [2.24, 2.45) is 7.05 Å². The molecule has 3 rings (SSSR count). The standard InChI is InChI=1S/C18H22ClN3O2/c1-22-11-14(16(21-22)13-7-3-4-8-15(13)19)17(23)20-12-18(24)9-5-2-6-10-18/h3-4,7-8,11,24H,2,5-6,9-10,12H2,1H3,(H,20,23). The van der Waals surface area contributed by atoms with Gasteiger partial charge in [-0.1, -0.05) is 49.1 Å². The molecule has 1 fully saturated rings. The lowest BCUT2D eigenvalue weighted by atomic mass is 9.85. The summed E-state index contributed by atoms with van der Waals surface area (Å²) in [4.78, 5) is 12.6. The molecular formula is C18H22ClN3O2. The maximum absolute atomic E-state index is 12.6. The van der Waals surface area contributed by atoms with E-state index in [1.807, 2.05) is 18.2 Å². The van der Waals surface area contributed by atoms with Crippen molar-refractivity contribution in [1.29, 1.82) is 0 Å². The Morgan fingerprint density at radius 2 is 2.04 bits per heavy atom. The van der Waals surface area contributed by atoms with Crippen molar-refractivity contribution < 1.29 is 9.90 Å². The quantitative estimate of drug-likeness (QED) is 0.892. The Labute approximate surface area is 146 Å². The molecule has 5 nitrogen and oxygen atoms in total. The highest BCUT2D eigenvalue weighted by molar-refractivity contribution is 6.33. The number of carbonyl (C=O) groups is 1. The lowest BCUT2D eigenvalue weighted by Crippen LogP contribution is -2.44. The molecule has 24 heavy (non-hydrogen) atoms. The summed E-state index contributed by atoms with van der Waals surface area (Å²) in [5.41, 5.74) is 0.947. The third-order valence-electron chi connectivity index (χ3n) is 4.56. The van der Waals surface area contributed by atoms with Gasteiger partial charge < -0.3 is 10.4 Å². The van der Waals surface area contributed by atoms with Gasteiger partial charge in [0.25, 0.3) is 5.91 Å². The van der Waals surface area contributed by atoms with Gasteiger partial charge in [-0.15, -0.1) is 0 Å². The number of nitrogens with one attached hydrogen (secondary N) is 1. The average Bonchev–Trinajstić information content (AvgIpc) is 2.95. The number of aryl methyl sites for hydroxylation is 1. The fourth-order valence-electron chi connectivity index (χ4n) is 3.23. The highest BCUT2D eigenvalue weighted by Crippen LogP contribution is 2.30. The van der Waals surface area contributed by atoms with E-state index in [4.69, 9.17) is 11.6 Å². The largest absolute Gasteiger partial charge is 0.388 e. The number of benzene rings is 1. The molecule has 0 aliphatic heterocycles. The van der Waals surface area contributed by atoms with E-state index >= 15 is 0 Å². The molecule has 1 heterocycles. The lowest BCUT2D eigenvalue weighted by Gasteiger charge is -2.32. The van der Waals surface area contributed by atoms with Gasteiger partial charge in [0.15, 0.2) is 0 Å². The van der Waals surface area contributed by atoms with Gasteiger partial charge in [-0.3, -0.25) is 9.48 Å². The van der Waals surface area contributed by atoms with Crippen LogP contribution in [0.1, 0.15) is 42.5 Å². The highest BCUT2D eigenvalue weighted by atomic mass is 35.5. The molecule has 0 unspecified atom stereocenters. The topological polar surface area (TPSA) is 67.2 Å². The fourth-order valence-corrected chi connectivity index (χ4v) is 3.46. The van der Waals surface area contributed by atoms with Crippen LogP contribution in [0.3, 0.4) is 0 Å². The van der Waals surface area contributed by atoms with Crippen LogP contribution in [0.15, 0.2) is 30.5 Å². The number of amides is 1. The number of aromatic nitrogens is 2. The first-order valence-corrected chi connectivity index (χ1v) is 8.65. The SMILES string of the molecule is Cn1cc(C(=O)NCC2(O)CCCCC2)c(-c2ccccc2Cl)n1. The first-order valence-electron chi connectivity index (χ1n) is 8.28. The normalized spacial score (nSPS) is 16.8. The summed E-state index contributed by atoms with van der Waals surface area (Å²) in [5, 5.41) is 18.3. The van der Waals surface area contributed by atoms with Crippen molar-refractivity contribution in [3.63, 3.8) is 0 Å². The minimum absolute atomic E-state index is 0.239. The van der Waals surface area contributed by atoms with Crippen LogP contribution in [0, 0.1) is 0 Å². The average molecular weight is 348 g/mol. The molecule has 2 N–H and O–H groups in total. The number of hydrogen-bond acceptors (Lipinski definition) is 3. The summed E-state index contributed by atoms with van der Waals surface area (Å²) in [7, 11) is 1.77. The molecule has 0 bridgehead atoms. The van der Waals surface area contributed by atoms with E-state index in [2.05, 4.69) is 10.4 Å². The molecule has 0 atom stereocenters. The summed E-state index contributed by atoms with van der Waals surface area (Å²) in [6.07, 6.45) is 6.30. The molecular weight excluding hydrogens is 326 g/mol. The van der Waals surface area contributed by atoms with Crippen LogP contribution < -0.4 is 5.32 Å². The van der Waals surface area contributed by atoms with Crippen molar-refractivity contribution in [2.45, 2.75) is 37.7 Å². The van der Waals surface area contributed by atoms with Gasteiger partial charge >= 0.3 is 0 Å². The Balaban J connectivity index is 1.79. The molecule has 0 radical (unpaired) electrons. The summed E-state index contributed by atoms with van der Waals surface area (Å²) in [6, 6.07) is 7.32. The van der Waals surface area contributed by atoms with Crippen molar-refractivity contribution in [3.8, 4) is 11.3 Å². The van der Waals surface area contributed by atoms with Crippen LogP contribution in [0.5, 0.6) is 0 Å². The molecule has 1 amide bonds. The van der Waals surface area contributed by atoms with E-state index < -0.39 is 5.60 Å². The van der Waals surface area contributed by atoms with Crippen molar-refractivity contribution >= 4 is 17.5 Å². The van der Waals surface area contributed by atoms with E-state index in [0.717, 1.165) is 37.7 Å². The van der Waals surface area contributed by atoms with Gasteiger partial charge in [0.1, 0.15) is 5.69 Å². The zero-order valence-electron chi connectivity index (χ0n) is 13.8. The predicted octanol–water partition coefficient (Wildman–Crippen LogP) is 3.17. The van der Waals surface area contributed by atoms with Crippen LogP contribution in [0.2, 0.25) is 5.02 Å². The minimum atomic E-state index is -0.791. The molecule has 1 aliphatic rings. The molecule has 128 valence electrons. The molecule has 1 aliphatic carbocycles. The van der Waals surface area contributed by atoms with Gasteiger partial charge in [0.2, 0.25) is 0 Å². The first kappa shape index (κ1) is 17.0. The Morgan fingerprint density at radius 3 is 2.75 bits per heavy atom. The Hall–Kier alpha value is -1.85. The van der Waals surface area contributed by atoms with Crippen molar-refractivity contribution in [3.05, 3.63) is 41.0 Å². The van der Waals surface area contributed by atoms with E-state index in [1.165, 1.54) is 0 Å². The second kappa shape index (κ2) is 6.95. The van der Waals surface area contributed by atoms with E-state index in [-0.39, 0.29) is 12.5 Å². The van der Waals surface area contributed by atoms with Crippen LogP contribution in [0.4, 0.5) is 0 Å². The molecule has 6 heteroatoms. The van der Waals surface area contributed by atoms with E-state index in [1.54, 1.807) is 24.0 Å². The number of hydrogen-bond donors (Lipinski definition) is 2. The number of halogens is 1. The number of aliphatic hydroxyl groups is 1. The zero-order valence-corrected chi connectivity index (χ0v) is 14.5. The minimum Gasteiger partial charge on any atom is -0.388 e. The second-order valence-electron chi connectivity index (χ2n) is 6.51. The predicted molar refractivity (Wildman–Crippen MR) is 94.0 cm³/mol. The molecule has 0 saturated heterocycles. The van der Waals surface area contributed by atoms with Gasteiger partial charge in [-0.2, -0.15) is 5.10 Å². The van der Waals surface area contributed by atoms with Gasteiger partial charge in [0, 0.05) is 25.4 Å². The summed E-state index contributed by atoms with van der Waals surface area (Å²) < 4.78 is 1.60. The van der Waals surface area contributed by atoms with Gasteiger partial charge in [-0.05, 0) is 18.9 Å². The molecule has 1 aromatic carbocycles. The maximum Gasteiger partial charge on any atom is 0.255 e. The van der Waals surface area contributed by atoms with Crippen LogP contribution in [-0.4, -0.2) is 32.9 Å². The third kappa shape index (κ3) is 3.62. The van der Waals surface area contributed by atoms with Crippen molar-refractivity contribution in [2.75, 3.05) is 6.54 Å². The second-order valence-corrected chi connectivity index (χ2v) is 6.92. The summed E-state index contributed by atoms with van der Waals surface area (Å²) in [6.45, 7) is 0.267. The molecule has 2 aromatic rings. The lowest BCUT2D eigenvalue weighted by molar-refractivity contribution is 0.00526. The summed E-state index contributed by atoms with van der Waals surface area (Å²) >= 11 is 6.24. The van der Waals surface area contributed by atoms with Crippen molar-refractivity contribution in [1.82, 2.24) is 15.1 Å². The third-order valence-corrected chi connectivity index (χ3v) is 4.89. The molecule has 1 aromatic heterocycles. The zero-order chi connectivity index (χ0) is 17.2. The fraction of sp³-hybridized carbons (Fsp3) is 0.444. The van der Waals surface area contributed by atoms with E-state index in [9.17, 15) is 9.90 Å². The van der Waals surface area contributed by atoms with Crippen LogP contribution in [0.25, 0.3) is 11.3 Å². The van der Waals surface area contributed by atoms with Gasteiger partial charge in [-0.25, -0.2) is 0 Å².